The van der Waals surface area contributed by atoms with Gasteiger partial charge >= 0.3 is 5.97 Å². The molecule has 1 rings (SSSR count). The van der Waals surface area contributed by atoms with E-state index in [2.05, 4.69) is 23.9 Å². The van der Waals surface area contributed by atoms with E-state index in [0.717, 1.165) is 30.8 Å². The summed E-state index contributed by atoms with van der Waals surface area (Å²) >= 11 is 0. The number of aryl methyl sites for hydroxylation is 1. The first-order chi connectivity index (χ1) is 8.41. The van der Waals surface area contributed by atoms with Crippen LogP contribution in [-0.2, 0) is 0 Å². The van der Waals surface area contributed by atoms with E-state index >= 15 is 0 Å². The summed E-state index contributed by atoms with van der Waals surface area (Å²) in [6.07, 6.45) is 1.09. The second-order valence-electron chi connectivity index (χ2n) is 4.88. The minimum atomic E-state index is -0.875. The fourth-order valence-corrected chi connectivity index (χ4v) is 1.96. The van der Waals surface area contributed by atoms with Crippen molar-refractivity contribution in [2.24, 2.45) is 0 Å². The van der Waals surface area contributed by atoms with Gasteiger partial charge in [0.15, 0.2) is 0 Å². The van der Waals surface area contributed by atoms with Crippen molar-refractivity contribution in [2.75, 3.05) is 39.1 Å². The maximum absolute atomic E-state index is 10.9. The number of carboxylic acids is 1. The lowest BCUT2D eigenvalue weighted by Gasteiger charge is -2.22. The van der Waals surface area contributed by atoms with Gasteiger partial charge in [0.1, 0.15) is 0 Å². The molecule has 0 atom stereocenters. The van der Waals surface area contributed by atoms with Crippen LogP contribution in [0.1, 0.15) is 22.3 Å². The van der Waals surface area contributed by atoms with Crippen LogP contribution in [-0.4, -0.2) is 50.2 Å². The van der Waals surface area contributed by atoms with Crippen molar-refractivity contribution in [1.29, 1.82) is 0 Å². The number of anilines is 1. The predicted octanol–water partition coefficient (Wildman–Crippen LogP) is 2.08. The second-order valence-corrected chi connectivity index (χ2v) is 4.88. The number of carboxylic acid groups (broad SMARTS) is 1. The van der Waals surface area contributed by atoms with Crippen LogP contribution in [0.2, 0.25) is 0 Å². The molecule has 0 aliphatic carbocycles. The first-order valence-electron chi connectivity index (χ1n) is 6.11. The van der Waals surface area contributed by atoms with Crippen molar-refractivity contribution in [3.8, 4) is 0 Å². The Hall–Kier alpha value is -1.55. The lowest BCUT2D eigenvalue weighted by atomic mass is 10.1. The van der Waals surface area contributed by atoms with E-state index in [-0.39, 0.29) is 0 Å². The highest BCUT2D eigenvalue weighted by atomic mass is 16.4. The lowest BCUT2D eigenvalue weighted by molar-refractivity contribution is 0.0697. The van der Waals surface area contributed by atoms with Crippen molar-refractivity contribution in [2.45, 2.75) is 13.3 Å². The van der Waals surface area contributed by atoms with Crippen molar-refractivity contribution >= 4 is 11.7 Å². The van der Waals surface area contributed by atoms with Crippen molar-refractivity contribution in [3.63, 3.8) is 0 Å². The van der Waals surface area contributed by atoms with E-state index in [4.69, 9.17) is 5.11 Å². The average molecular weight is 250 g/mol. The van der Waals surface area contributed by atoms with Crippen LogP contribution in [0.4, 0.5) is 5.69 Å². The van der Waals surface area contributed by atoms with Crippen LogP contribution in [0.25, 0.3) is 0 Å². The molecule has 0 aliphatic heterocycles. The van der Waals surface area contributed by atoms with Gasteiger partial charge in [-0.25, -0.2) is 4.79 Å². The summed E-state index contributed by atoms with van der Waals surface area (Å²) in [7, 11) is 6.16. The summed E-state index contributed by atoms with van der Waals surface area (Å²) in [6.45, 7) is 3.96. The zero-order valence-corrected chi connectivity index (χ0v) is 11.6. The minimum Gasteiger partial charge on any atom is -0.478 e. The highest BCUT2D eigenvalue weighted by Gasteiger charge is 2.08. The summed E-state index contributed by atoms with van der Waals surface area (Å²) in [5, 5.41) is 8.92. The van der Waals surface area contributed by atoms with Crippen LogP contribution in [0.5, 0.6) is 0 Å². The molecule has 0 saturated carbocycles. The van der Waals surface area contributed by atoms with Crippen molar-refractivity contribution in [3.05, 3.63) is 29.3 Å². The molecule has 1 N–H and O–H groups in total. The van der Waals surface area contributed by atoms with Gasteiger partial charge in [0.25, 0.3) is 0 Å². The van der Waals surface area contributed by atoms with Crippen LogP contribution >= 0.6 is 0 Å². The van der Waals surface area contributed by atoms with E-state index < -0.39 is 5.97 Å². The molecule has 0 aliphatic rings. The van der Waals surface area contributed by atoms with Crippen molar-refractivity contribution in [1.82, 2.24) is 4.90 Å². The Morgan fingerprint density at radius 3 is 2.39 bits per heavy atom. The number of hydrogen-bond donors (Lipinski definition) is 1. The monoisotopic (exact) mass is 250 g/mol. The third-order valence-corrected chi connectivity index (χ3v) is 2.95. The largest absolute Gasteiger partial charge is 0.478 e. The number of rotatable bonds is 6. The SMILES string of the molecule is Cc1cc(C(=O)O)ccc1N(C)CCCN(C)C. The van der Waals surface area contributed by atoms with Gasteiger partial charge in [-0.05, 0) is 57.7 Å². The normalized spacial score (nSPS) is 10.7. The third kappa shape index (κ3) is 4.04. The first kappa shape index (κ1) is 14.5. The standard InChI is InChI=1S/C14H22N2O2/c1-11-10-12(14(17)18)6-7-13(11)16(4)9-5-8-15(2)3/h6-7,10H,5,8-9H2,1-4H3,(H,17,18). The Kier molecular flexibility index (Phi) is 5.16. The van der Waals surface area contributed by atoms with Gasteiger partial charge in [-0.1, -0.05) is 0 Å². The number of carbonyl (C=O) groups is 1. The molecule has 0 fully saturated rings. The fraction of sp³-hybridized carbons (Fsp3) is 0.500. The highest BCUT2D eigenvalue weighted by Crippen LogP contribution is 2.20. The maximum atomic E-state index is 10.9. The Morgan fingerprint density at radius 2 is 1.89 bits per heavy atom. The number of nitrogens with zero attached hydrogens (tertiary/aromatic N) is 2. The van der Waals surface area contributed by atoms with E-state index in [0.29, 0.717) is 5.56 Å². The van der Waals surface area contributed by atoms with Gasteiger partial charge in [-0.3, -0.25) is 0 Å². The molecule has 18 heavy (non-hydrogen) atoms. The van der Waals surface area contributed by atoms with Gasteiger partial charge in [0, 0.05) is 19.3 Å². The summed E-state index contributed by atoms with van der Waals surface area (Å²) in [5.41, 5.74) is 2.44. The Bertz CT molecular complexity index is 416. The van der Waals surface area contributed by atoms with E-state index in [1.165, 1.54) is 0 Å². The summed E-state index contributed by atoms with van der Waals surface area (Å²) < 4.78 is 0. The summed E-state index contributed by atoms with van der Waals surface area (Å²) in [5.74, 6) is -0.875. The summed E-state index contributed by atoms with van der Waals surface area (Å²) in [6, 6.07) is 5.27. The lowest BCUT2D eigenvalue weighted by Crippen LogP contribution is -2.24. The van der Waals surface area contributed by atoms with Crippen molar-refractivity contribution < 1.29 is 9.90 Å². The quantitative estimate of drug-likeness (QED) is 0.839. The van der Waals surface area contributed by atoms with Gasteiger partial charge < -0.3 is 14.9 Å². The van der Waals surface area contributed by atoms with Crippen LogP contribution in [0.3, 0.4) is 0 Å². The molecule has 1 aromatic carbocycles. The molecule has 0 heterocycles. The number of aromatic carboxylic acids is 1. The Labute approximate surface area is 109 Å². The number of hydrogen-bond acceptors (Lipinski definition) is 3. The predicted molar refractivity (Wildman–Crippen MR) is 74.6 cm³/mol. The van der Waals surface area contributed by atoms with E-state index in [9.17, 15) is 4.79 Å². The molecule has 0 radical (unpaired) electrons. The summed E-state index contributed by atoms with van der Waals surface area (Å²) in [4.78, 5) is 15.2. The smallest absolute Gasteiger partial charge is 0.335 e. The van der Waals surface area contributed by atoms with Gasteiger partial charge in [-0.2, -0.15) is 0 Å². The van der Waals surface area contributed by atoms with Crippen LogP contribution < -0.4 is 4.90 Å². The molecular formula is C14H22N2O2. The molecule has 0 spiro atoms. The van der Waals surface area contributed by atoms with E-state index in [1.807, 2.05) is 20.0 Å². The molecule has 4 nitrogen and oxygen atoms in total. The highest BCUT2D eigenvalue weighted by molar-refractivity contribution is 5.88. The topological polar surface area (TPSA) is 43.8 Å². The molecular weight excluding hydrogens is 228 g/mol. The molecule has 1 aromatic rings. The molecule has 0 saturated heterocycles. The van der Waals surface area contributed by atoms with E-state index in [1.54, 1.807) is 12.1 Å². The van der Waals surface area contributed by atoms with Gasteiger partial charge in [-0.15, -0.1) is 0 Å². The first-order valence-corrected chi connectivity index (χ1v) is 6.11. The minimum absolute atomic E-state index is 0.345. The average Bonchev–Trinajstić information content (AvgIpc) is 2.27. The third-order valence-electron chi connectivity index (χ3n) is 2.95. The molecule has 0 unspecified atom stereocenters. The second kappa shape index (κ2) is 6.40. The van der Waals surface area contributed by atoms with Crippen LogP contribution in [0, 0.1) is 6.92 Å². The Balaban J connectivity index is 2.68. The molecule has 0 bridgehead atoms. The van der Waals surface area contributed by atoms with Gasteiger partial charge in [0.05, 0.1) is 5.56 Å². The molecule has 0 amide bonds. The Morgan fingerprint density at radius 1 is 1.22 bits per heavy atom. The van der Waals surface area contributed by atoms with Gasteiger partial charge in [0.2, 0.25) is 0 Å². The zero-order chi connectivity index (χ0) is 13.7. The molecule has 4 heteroatoms. The maximum Gasteiger partial charge on any atom is 0.335 e. The molecule has 0 aromatic heterocycles. The van der Waals surface area contributed by atoms with Crippen LogP contribution in [0.15, 0.2) is 18.2 Å². The number of benzene rings is 1. The fourth-order valence-electron chi connectivity index (χ4n) is 1.96. The molecule has 100 valence electrons. The zero-order valence-electron chi connectivity index (χ0n) is 11.6.